The summed E-state index contributed by atoms with van der Waals surface area (Å²) in [7, 11) is 0. The number of aryl methyl sites for hydroxylation is 2. The van der Waals surface area contributed by atoms with Crippen molar-refractivity contribution in [1.82, 2.24) is 0 Å². The number of ketones is 1. The number of amides is 1. The highest BCUT2D eigenvalue weighted by atomic mass is 16.5. The van der Waals surface area contributed by atoms with Gasteiger partial charge in [-0.05, 0) is 56.5 Å². The Morgan fingerprint density at radius 3 is 2.31 bits per heavy atom. The van der Waals surface area contributed by atoms with Crippen LogP contribution in [0.1, 0.15) is 55.1 Å². The molecular weight excluding hydrogens is 326 g/mol. The van der Waals surface area contributed by atoms with Gasteiger partial charge < -0.3 is 10.1 Å². The lowest BCUT2D eigenvalue weighted by atomic mass is 10.0. The van der Waals surface area contributed by atoms with Crippen molar-refractivity contribution in [3.63, 3.8) is 0 Å². The number of rotatable bonds is 8. The molecule has 0 atom stereocenters. The van der Waals surface area contributed by atoms with Gasteiger partial charge in [-0.2, -0.15) is 0 Å². The van der Waals surface area contributed by atoms with Crippen LogP contribution in [0.5, 0.6) is 5.75 Å². The molecule has 0 unspecified atom stereocenters. The first-order chi connectivity index (χ1) is 12.4. The van der Waals surface area contributed by atoms with E-state index in [9.17, 15) is 9.59 Å². The lowest BCUT2D eigenvalue weighted by molar-refractivity contribution is -0.116. The van der Waals surface area contributed by atoms with Gasteiger partial charge in [0, 0.05) is 24.1 Å². The second-order valence-electron chi connectivity index (χ2n) is 6.67. The maximum absolute atomic E-state index is 12.2. The molecule has 2 aromatic carbocycles. The number of ether oxygens (including phenoxy) is 1. The third-order valence-electron chi connectivity index (χ3n) is 4.11. The molecular formula is C22H27NO3. The summed E-state index contributed by atoms with van der Waals surface area (Å²) in [4.78, 5) is 24.4. The van der Waals surface area contributed by atoms with Gasteiger partial charge in [-0.3, -0.25) is 9.59 Å². The highest BCUT2D eigenvalue weighted by molar-refractivity contribution is 6.00. The SMILES string of the molecule is CCc1ccc(C(=O)CCC(=O)Nc2ccc(OC(C)C)cc2C)cc1. The Morgan fingerprint density at radius 2 is 1.73 bits per heavy atom. The predicted molar refractivity (Wildman–Crippen MR) is 105 cm³/mol. The van der Waals surface area contributed by atoms with E-state index in [4.69, 9.17) is 4.74 Å². The molecule has 0 aromatic heterocycles. The Balaban J connectivity index is 1.89. The predicted octanol–water partition coefficient (Wildman–Crippen LogP) is 4.95. The third kappa shape index (κ3) is 5.73. The van der Waals surface area contributed by atoms with E-state index in [0.717, 1.165) is 23.4 Å². The van der Waals surface area contributed by atoms with Gasteiger partial charge in [-0.15, -0.1) is 0 Å². The second-order valence-corrected chi connectivity index (χ2v) is 6.67. The third-order valence-corrected chi connectivity index (χ3v) is 4.11. The van der Waals surface area contributed by atoms with Crippen molar-refractivity contribution >= 4 is 17.4 Å². The molecule has 26 heavy (non-hydrogen) atoms. The van der Waals surface area contributed by atoms with E-state index in [1.54, 1.807) is 0 Å². The molecule has 2 rings (SSSR count). The Hall–Kier alpha value is -2.62. The maximum atomic E-state index is 12.2. The number of benzene rings is 2. The van der Waals surface area contributed by atoms with Crippen LogP contribution in [0.2, 0.25) is 0 Å². The summed E-state index contributed by atoms with van der Waals surface area (Å²) in [5, 5.41) is 2.87. The molecule has 0 aliphatic rings. The lowest BCUT2D eigenvalue weighted by Crippen LogP contribution is -2.14. The molecule has 0 saturated heterocycles. The Labute approximate surface area is 155 Å². The van der Waals surface area contributed by atoms with Gasteiger partial charge in [-0.25, -0.2) is 0 Å². The molecule has 0 spiro atoms. The first-order valence-corrected chi connectivity index (χ1v) is 9.08. The second kappa shape index (κ2) is 9.18. The summed E-state index contributed by atoms with van der Waals surface area (Å²) in [6.07, 6.45) is 1.41. The smallest absolute Gasteiger partial charge is 0.224 e. The molecule has 2 aromatic rings. The van der Waals surface area contributed by atoms with Crippen LogP contribution < -0.4 is 10.1 Å². The monoisotopic (exact) mass is 353 g/mol. The van der Waals surface area contributed by atoms with Crippen LogP contribution in [0.25, 0.3) is 0 Å². The van der Waals surface area contributed by atoms with Crippen molar-refractivity contribution in [2.24, 2.45) is 0 Å². The van der Waals surface area contributed by atoms with Gasteiger partial charge in [0.1, 0.15) is 5.75 Å². The number of Topliss-reactive ketones (excluding diaryl/α,β-unsaturated/α-hetero) is 1. The van der Waals surface area contributed by atoms with E-state index in [0.29, 0.717) is 5.56 Å². The molecule has 4 heteroatoms. The van der Waals surface area contributed by atoms with Crippen molar-refractivity contribution in [2.75, 3.05) is 5.32 Å². The molecule has 0 aliphatic heterocycles. The molecule has 0 fully saturated rings. The summed E-state index contributed by atoms with van der Waals surface area (Å²) in [5.74, 6) is 0.602. The lowest BCUT2D eigenvalue weighted by Gasteiger charge is -2.13. The molecule has 1 N–H and O–H groups in total. The van der Waals surface area contributed by atoms with E-state index in [2.05, 4.69) is 12.2 Å². The van der Waals surface area contributed by atoms with Gasteiger partial charge in [0.2, 0.25) is 5.91 Å². The minimum absolute atomic E-state index is 0.0137. The average molecular weight is 353 g/mol. The summed E-state index contributed by atoms with van der Waals surface area (Å²) < 4.78 is 5.64. The normalized spacial score (nSPS) is 10.7. The molecule has 0 radical (unpaired) electrons. The van der Waals surface area contributed by atoms with Gasteiger partial charge in [0.25, 0.3) is 0 Å². The summed E-state index contributed by atoms with van der Waals surface area (Å²) in [5.41, 5.74) is 3.52. The van der Waals surface area contributed by atoms with Crippen molar-refractivity contribution in [1.29, 1.82) is 0 Å². The number of hydrogen-bond acceptors (Lipinski definition) is 3. The number of carbonyl (C=O) groups is 2. The van der Waals surface area contributed by atoms with Crippen molar-refractivity contribution in [3.05, 3.63) is 59.2 Å². The van der Waals surface area contributed by atoms with Crippen LogP contribution in [0.3, 0.4) is 0 Å². The zero-order valence-electron chi connectivity index (χ0n) is 16.0. The number of hydrogen-bond donors (Lipinski definition) is 1. The van der Waals surface area contributed by atoms with Crippen LogP contribution in [0.4, 0.5) is 5.69 Å². The molecule has 1 amide bonds. The summed E-state index contributed by atoms with van der Waals surface area (Å²) in [6.45, 7) is 7.93. The molecule has 0 saturated carbocycles. The largest absolute Gasteiger partial charge is 0.491 e. The molecule has 0 aliphatic carbocycles. The number of anilines is 1. The van der Waals surface area contributed by atoms with Crippen LogP contribution in [-0.2, 0) is 11.2 Å². The minimum atomic E-state index is -0.163. The fourth-order valence-corrected chi connectivity index (χ4v) is 2.63. The first-order valence-electron chi connectivity index (χ1n) is 9.08. The van der Waals surface area contributed by atoms with E-state index < -0.39 is 0 Å². The highest BCUT2D eigenvalue weighted by Gasteiger charge is 2.11. The zero-order valence-corrected chi connectivity index (χ0v) is 16.0. The highest BCUT2D eigenvalue weighted by Crippen LogP contribution is 2.22. The van der Waals surface area contributed by atoms with E-state index >= 15 is 0 Å². The Morgan fingerprint density at radius 1 is 1.04 bits per heavy atom. The molecule has 138 valence electrons. The van der Waals surface area contributed by atoms with Crippen LogP contribution in [0, 0.1) is 6.92 Å². The standard InChI is InChI=1S/C22H27NO3/c1-5-17-6-8-18(9-7-17)21(24)12-13-22(25)23-20-11-10-19(14-16(20)4)26-15(2)3/h6-11,14-15H,5,12-13H2,1-4H3,(H,23,25). The van der Waals surface area contributed by atoms with Crippen LogP contribution >= 0.6 is 0 Å². The fraction of sp³-hybridized carbons (Fsp3) is 0.364. The Kier molecular flexibility index (Phi) is 6.96. The average Bonchev–Trinajstić information content (AvgIpc) is 2.61. The van der Waals surface area contributed by atoms with Crippen molar-refractivity contribution in [3.8, 4) is 5.75 Å². The van der Waals surface area contributed by atoms with Crippen LogP contribution in [-0.4, -0.2) is 17.8 Å². The quantitative estimate of drug-likeness (QED) is 0.683. The summed E-state index contributed by atoms with van der Waals surface area (Å²) in [6, 6.07) is 13.1. The van der Waals surface area contributed by atoms with E-state index in [-0.39, 0.29) is 30.6 Å². The van der Waals surface area contributed by atoms with Gasteiger partial charge in [0.05, 0.1) is 6.10 Å². The zero-order chi connectivity index (χ0) is 19.1. The first kappa shape index (κ1) is 19.7. The minimum Gasteiger partial charge on any atom is -0.491 e. The van der Waals surface area contributed by atoms with Crippen LogP contribution in [0.15, 0.2) is 42.5 Å². The number of nitrogens with one attached hydrogen (secondary N) is 1. The number of carbonyl (C=O) groups excluding carboxylic acids is 2. The maximum Gasteiger partial charge on any atom is 0.224 e. The molecule has 0 heterocycles. The van der Waals surface area contributed by atoms with Crippen molar-refractivity contribution < 1.29 is 14.3 Å². The van der Waals surface area contributed by atoms with Gasteiger partial charge >= 0.3 is 0 Å². The molecule has 4 nitrogen and oxygen atoms in total. The molecule has 0 bridgehead atoms. The van der Waals surface area contributed by atoms with Gasteiger partial charge in [0.15, 0.2) is 5.78 Å². The summed E-state index contributed by atoms with van der Waals surface area (Å²) >= 11 is 0. The van der Waals surface area contributed by atoms with Gasteiger partial charge in [-0.1, -0.05) is 31.2 Å². The topological polar surface area (TPSA) is 55.4 Å². The Bertz CT molecular complexity index is 763. The van der Waals surface area contributed by atoms with Crippen molar-refractivity contribution in [2.45, 2.75) is 53.1 Å². The van der Waals surface area contributed by atoms with E-state index in [1.165, 1.54) is 5.56 Å². The fourth-order valence-electron chi connectivity index (χ4n) is 2.63. The van der Waals surface area contributed by atoms with E-state index in [1.807, 2.05) is 63.2 Å².